The van der Waals surface area contributed by atoms with Crippen LogP contribution in [0.3, 0.4) is 0 Å². The van der Waals surface area contributed by atoms with Gasteiger partial charge < -0.3 is 14.2 Å². The Morgan fingerprint density at radius 3 is 2.16 bits per heavy atom. The third-order valence-corrected chi connectivity index (χ3v) is 5.27. The van der Waals surface area contributed by atoms with E-state index in [1.807, 2.05) is 30.3 Å². The Bertz CT molecular complexity index is 1480. The molecule has 11 heteroatoms. The van der Waals surface area contributed by atoms with E-state index in [1.165, 1.54) is 7.11 Å². The Morgan fingerprint density at radius 2 is 1.51 bits per heavy atom. The molecular weight excluding hydrogens is 502 g/mol. The predicted molar refractivity (Wildman–Crippen MR) is 138 cm³/mol. The smallest absolute Gasteiger partial charge is 0.318 e. The number of non-ortho nitro benzene ring substituents is 1. The summed E-state index contributed by atoms with van der Waals surface area (Å²) in [5.41, 5.74) is 0.218. The molecule has 0 atom stereocenters. The molecule has 37 heavy (non-hydrogen) atoms. The van der Waals surface area contributed by atoms with E-state index in [1.54, 1.807) is 42.6 Å². The Kier molecular flexibility index (Phi) is 7.60. The minimum absolute atomic E-state index is 0.0145. The molecule has 4 aromatic carbocycles. The fraction of sp³-hybridized carbons (Fsp3) is 0.0385. The highest BCUT2D eigenvalue weighted by Gasteiger charge is 2.23. The van der Waals surface area contributed by atoms with Crippen molar-refractivity contribution in [3.63, 3.8) is 0 Å². The van der Waals surface area contributed by atoms with Crippen molar-refractivity contribution < 1.29 is 24.1 Å². The first-order valence-electron chi connectivity index (χ1n) is 10.7. The summed E-state index contributed by atoms with van der Waals surface area (Å²) in [7, 11) is 1.38. The number of ether oxygens (including phenoxy) is 3. The number of nitrogens with zero attached hydrogens (tertiary/aromatic N) is 3. The minimum atomic E-state index is -0.778. The third-order valence-electron chi connectivity index (χ3n) is 4.99. The van der Waals surface area contributed by atoms with Gasteiger partial charge in [-0.1, -0.05) is 29.8 Å². The Labute approximate surface area is 215 Å². The molecule has 0 heterocycles. The van der Waals surface area contributed by atoms with Gasteiger partial charge in [0.05, 0.1) is 33.7 Å². The third kappa shape index (κ3) is 6.19. The van der Waals surface area contributed by atoms with Gasteiger partial charge in [0.1, 0.15) is 11.5 Å². The molecule has 0 fully saturated rings. The maximum atomic E-state index is 11.4. The van der Waals surface area contributed by atoms with E-state index in [-0.39, 0.29) is 22.3 Å². The SMILES string of the molecule is COc1cc(C=Nc2ccc(Oc3ccccc3)cc2)cc(Cl)c1Oc1ccc([N+](=O)[O-])cc1[N+](=O)[O-]. The number of aliphatic imine (C=N–C) groups is 1. The first-order valence-corrected chi connectivity index (χ1v) is 11.1. The molecule has 0 aliphatic heterocycles. The number of para-hydroxylation sites is 1. The summed E-state index contributed by atoms with van der Waals surface area (Å²) in [5, 5.41) is 22.5. The van der Waals surface area contributed by atoms with Gasteiger partial charge in [-0.2, -0.15) is 0 Å². The standard InChI is InChI=1S/C26H18ClN3O7/c1-35-25-14-17(16-28-18-7-10-21(11-8-18)36-20-5-3-2-4-6-20)13-22(27)26(25)37-24-12-9-19(29(31)32)15-23(24)30(33)34/h2-16H,1H3. The fourth-order valence-electron chi connectivity index (χ4n) is 3.25. The van der Waals surface area contributed by atoms with Crippen LogP contribution in [0.15, 0.2) is 89.9 Å². The van der Waals surface area contributed by atoms with Crippen LogP contribution >= 0.6 is 11.6 Å². The highest BCUT2D eigenvalue weighted by molar-refractivity contribution is 6.32. The zero-order chi connectivity index (χ0) is 26.4. The van der Waals surface area contributed by atoms with Gasteiger partial charge in [-0.15, -0.1) is 0 Å². The molecule has 0 N–H and O–H groups in total. The van der Waals surface area contributed by atoms with Crippen molar-refractivity contribution in [3.8, 4) is 28.7 Å². The van der Waals surface area contributed by atoms with Crippen LogP contribution in [0.1, 0.15) is 5.56 Å². The number of nitro groups is 2. The Morgan fingerprint density at radius 1 is 0.811 bits per heavy atom. The molecule has 0 aromatic heterocycles. The predicted octanol–water partition coefficient (Wildman–Crippen LogP) is 7.50. The molecule has 10 nitrogen and oxygen atoms in total. The zero-order valence-corrected chi connectivity index (χ0v) is 20.0. The molecule has 0 saturated heterocycles. The molecule has 4 rings (SSSR count). The normalized spacial score (nSPS) is 10.8. The van der Waals surface area contributed by atoms with Gasteiger partial charge in [-0.05, 0) is 60.2 Å². The van der Waals surface area contributed by atoms with Crippen LogP contribution in [0, 0.1) is 20.2 Å². The van der Waals surface area contributed by atoms with Crippen LogP contribution in [-0.2, 0) is 0 Å². The summed E-state index contributed by atoms with van der Waals surface area (Å²) in [6.45, 7) is 0. The van der Waals surface area contributed by atoms with Crippen LogP contribution in [0.4, 0.5) is 17.1 Å². The van der Waals surface area contributed by atoms with Crippen LogP contribution in [0.2, 0.25) is 5.02 Å². The van der Waals surface area contributed by atoms with Crippen LogP contribution in [-0.4, -0.2) is 23.2 Å². The van der Waals surface area contributed by atoms with Crippen LogP contribution < -0.4 is 14.2 Å². The summed E-state index contributed by atoms with van der Waals surface area (Å²) in [6.07, 6.45) is 1.57. The maximum absolute atomic E-state index is 11.4. The second-order valence-electron chi connectivity index (χ2n) is 7.47. The van der Waals surface area contributed by atoms with E-state index < -0.39 is 21.2 Å². The van der Waals surface area contributed by atoms with Gasteiger partial charge >= 0.3 is 5.69 Å². The maximum Gasteiger partial charge on any atom is 0.318 e. The molecule has 0 aliphatic rings. The first-order chi connectivity index (χ1) is 17.8. The summed E-state index contributed by atoms with van der Waals surface area (Å²) < 4.78 is 16.8. The highest BCUT2D eigenvalue weighted by atomic mass is 35.5. The lowest BCUT2D eigenvalue weighted by Gasteiger charge is -2.13. The summed E-state index contributed by atoms with van der Waals surface area (Å²) in [5.74, 6) is 1.36. The molecule has 4 aromatic rings. The fourth-order valence-corrected chi connectivity index (χ4v) is 3.50. The molecular formula is C26H18ClN3O7. The number of hydrogen-bond donors (Lipinski definition) is 0. The van der Waals surface area contributed by atoms with Crippen LogP contribution in [0.5, 0.6) is 28.7 Å². The zero-order valence-electron chi connectivity index (χ0n) is 19.2. The quantitative estimate of drug-likeness (QED) is 0.127. The Hall–Kier alpha value is -4.96. The lowest BCUT2D eigenvalue weighted by molar-refractivity contribution is -0.394. The van der Waals surface area contributed by atoms with Gasteiger partial charge in [0, 0.05) is 12.3 Å². The molecule has 0 saturated carbocycles. The number of methoxy groups -OCH3 is 1. The molecule has 0 radical (unpaired) electrons. The molecule has 0 bridgehead atoms. The number of hydrogen-bond acceptors (Lipinski definition) is 8. The lowest BCUT2D eigenvalue weighted by Crippen LogP contribution is -1.98. The van der Waals surface area contributed by atoms with Crippen molar-refractivity contribution in [2.24, 2.45) is 4.99 Å². The van der Waals surface area contributed by atoms with Crippen molar-refractivity contribution in [3.05, 3.63) is 116 Å². The van der Waals surface area contributed by atoms with E-state index in [9.17, 15) is 20.2 Å². The second kappa shape index (κ2) is 11.2. The van der Waals surface area contributed by atoms with Gasteiger partial charge in [0.25, 0.3) is 5.69 Å². The highest BCUT2D eigenvalue weighted by Crippen LogP contribution is 2.42. The van der Waals surface area contributed by atoms with E-state index >= 15 is 0 Å². The lowest BCUT2D eigenvalue weighted by atomic mass is 10.2. The van der Waals surface area contributed by atoms with E-state index in [2.05, 4.69) is 4.99 Å². The minimum Gasteiger partial charge on any atom is -0.493 e. The van der Waals surface area contributed by atoms with Crippen molar-refractivity contribution in [1.29, 1.82) is 0 Å². The average molecular weight is 520 g/mol. The van der Waals surface area contributed by atoms with Crippen LogP contribution in [0.25, 0.3) is 0 Å². The number of nitro benzene ring substituents is 2. The van der Waals surface area contributed by atoms with Gasteiger partial charge in [-0.3, -0.25) is 25.2 Å². The number of halogens is 1. The molecule has 0 spiro atoms. The van der Waals surface area contributed by atoms with E-state index in [0.717, 1.165) is 23.9 Å². The second-order valence-corrected chi connectivity index (χ2v) is 7.88. The molecule has 0 aliphatic carbocycles. The first kappa shape index (κ1) is 25.1. The van der Waals surface area contributed by atoms with Gasteiger partial charge in [-0.25, -0.2) is 0 Å². The molecule has 0 amide bonds. The molecule has 0 unspecified atom stereocenters. The van der Waals surface area contributed by atoms with Crippen molar-refractivity contribution in [2.75, 3.05) is 7.11 Å². The van der Waals surface area contributed by atoms with Crippen molar-refractivity contribution in [2.45, 2.75) is 0 Å². The summed E-state index contributed by atoms with van der Waals surface area (Å²) in [4.78, 5) is 25.3. The summed E-state index contributed by atoms with van der Waals surface area (Å²) in [6, 6.07) is 22.7. The Balaban J connectivity index is 1.54. The van der Waals surface area contributed by atoms with Gasteiger partial charge in [0.2, 0.25) is 5.75 Å². The van der Waals surface area contributed by atoms with E-state index in [0.29, 0.717) is 17.0 Å². The van der Waals surface area contributed by atoms with E-state index in [4.69, 9.17) is 25.8 Å². The monoisotopic (exact) mass is 519 g/mol. The molecule has 186 valence electrons. The summed E-state index contributed by atoms with van der Waals surface area (Å²) >= 11 is 6.40. The van der Waals surface area contributed by atoms with Gasteiger partial charge in [0.15, 0.2) is 11.5 Å². The topological polar surface area (TPSA) is 126 Å². The largest absolute Gasteiger partial charge is 0.493 e. The number of rotatable bonds is 9. The average Bonchev–Trinajstić information content (AvgIpc) is 2.90. The number of benzene rings is 4. The van der Waals surface area contributed by atoms with Crippen molar-refractivity contribution >= 4 is 34.9 Å². The van der Waals surface area contributed by atoms with Crippen molar-refractivity contribution in [1.82, 2.24) is 0 Å².